The average Bonchev–Trinajstić information content (AvgIpc) is 2.47. The number of hydrogen-bond acceptors (Lipinski definition) is 2. The van der Waals surface area contributed by atoms with E-state index in [1.807, 2.05) is 12.1 Å². The van der Waals surface area contributed by atoms with Crippen LogP contribution in [0.3, 0.4) is 0 Å². The minimum Gasteiger partial charge on any atom is -0.355 e. The average molecular weight is 283 g/mol. The molecule has 0 radical (unpaired) electrons. The van der Waals surface area contributed by atoms with E-state index in [0.29, 0.717) is 6.42 Å². The van der Waals surface area contributed by atoms with E-state index in [9.17, 15) is 4.79 Å². The van der Waals surface area contributed by atoms with Crippen LogP contribution < -0.4 is 5.32 Å². The number of hydrogen-bond donors (Lipinski definition) is 1. The van der Waals surface area contributed by atoms with E-state index in [-0.39, 0.29) is 5.91 Å². The number of rotatable bonds is 2. The topological polar surface area (TPSA) is 32.3 Å². The quantitative estimate of drug-likeness (QED) is 0.897. The van der Waals surface area contributed by atoms with Gasteiger partial charge in [0.2, 0.25) is 5.91 Å². The molecule has 0 spiro atoms. The van der Waals surface area contributed by atoms with Crippen molar-refractivity contribution in [2.24, 2.45) is 0 Å². The van der Waals surface area contributed by atoms with Crippen molar-refractivity contribution in [2.75, 3.05) is 19.6 Å². The molecule has 1 amide bonds. The number of carbonyl (C=O) groups excluding carboxylic acids is 1. The number of amides is 1. The molecule has 3 nitrogen and oxygen atoms in total. The third kappa shape index (κ3) is 3.06. The number of nitrogens with zero attached hydrogens (tertiary/aromatic N) is 1. The Morgan fingerprint density at radius 2 is 2.12 bits per heavy atom. The van der Waals surface area contributed by atoms with E-state index in [4.69, 9.17) is 0 Å². The Labute approximate surface area is 104 Å². The van der Waals surface area contributed by atoms with Gasteiger partial charge in [-0.05, 0) is 11.6 Å². The monoisotopic (exact) mass is 282 g/mol. The lowest BCUT2D eigenvalue weighted by Gasteiger charge is -2.19. The molecule has 1 fully saturated rings. The van der Waals surface area contributed by atoms with Crippen LogP contribution in [0.15, 0.2) is 28.7 Å². The molecule has 0 bridgehead atoms. The van der Waals surface area contributed by atoms with Gasteiger partial charge in [0.1, 0.15) is 0 Å². The third-order valence-corrected chi connectivity index (χ3v) is 3.53. The van der Waals surface area contributed by atoms with E-state index in [2.05, 4.69) is 38.3 Å². The first-order valence-electron chi connectivity index (χ1n) is 5.48. The second-order valence-corrected chi connectivity index (χ2v) is 4.82. The van der Waals surface area contributed by atoms with Gasteiger partial charge in [-0.1, -0.05) is 34.1 Å². The van der Waals surface area contributed by atoms with Gasteiger partial charge in [0.15, 0.2) is 0 Å². The van der Waals surface area contributed by atoms with Gasteiger partial charge in [0.05, 0.1) is 0 Å². The summed E-state index contributed by atoms with van der Waals surface area (Å²) in [6.45, 7) is 3.42. The predicted molar refractivity (Wildman–Crippen MR) is 67.0 cm³/mol. The standard InChI is InChI=1S/C12H15BrN2O/c13-11-4-2-1-3-10(11)9-15-7-5-12(16)14-6-8-15/h1-4H,5-9H2,(H,14,16). The van der Waals surface area contributed by atoms with E-state index in [1.54, 1.807) is 0 Å². The maximum absolute atomic E-state index is 11.2. The molecule has 1 N–H and O–H groups in total. The molecule has 0 unspecified atom stereocenters. The van der Waals surface area contributed by atoms with Crippen molar-refractivity contribution < 1.29 is 4.79 Å². The van der Waals surface area contributed by atoms with Crippen LogP contribution in [0.2, 0.25) is 0 Å². The van der Waals surface area contributed by atoms with Crippen LogP contribution in [-0.2, 0) is 11.3 Å². The largest absolute Gasteiger partial charge is 0.355 e. The number of halogens is 1. The second-order valence-electron chi connectivity index (χ2n) is 3.97. The first-order chi connectivity index (χ1) is 7.75. The fraction of sp³-hybridized carbons (Fsp3) is 0.417. The van der Waals surface area contributed by atoms with Gasteiger partial charge in [-0.15, -0.1) is 0 Å². The molecule has 86 valence electrons. The Balaban J connectivity index is 1.99. The van der Waals surface area contributed by atoms with Crippen LogP contribution in [0.5, 0.6) is 0 Å². The molecule has 0 atom stereocenters. The lowest BCUT2D eigenvalue weighted by atomic mass is 10.2. The molecule has 1 aliphatic heterocycles. The van der Waals surface area contributed by atoms with Crippen LogP contribution in [0.4, 0.5) is 0 Å². The van der Waals surface area contributed by atoms with Crippen molar-refractivity contribution in [1.29, 1.82) is 0 Å². The highest BCUT2D eigenvalue weighted by atomic mass is 79.9. The Morgan fingerprint density at radius 3 is 2.94 bits per heavy atom. The minimum absolute atomic E-state index is 0.162. The normalized spacial score (nSPS) is 17.9. The van der Waals surface area contributed by atoms with Gasteiger partial charge in [0.25, 0.3) is 0 Å². The summed E-state index contributed by atoms with van der Waals surface area (Å²) < 4.78 is 1.14. The van der Waals surface area contributed by atoms with Crippen LogP contribution in [0.25, 0.3) is 0 Å². The van der Waals surface area contributed by atoms with Gasteiger partial charge >= 0.3 is 0 Å². The van der Waals surface area contributed by atoms with E-state index >= 15 is 0 Å². The van der Waals surface area contributed by atoms with Crippen molar-refractivity contribution in [1.82, 2.24) is 10.2 Å². The lowest BCUT2D eigenvalue weighted by Crippen LogP contribution is -2.28. The first-order valence-corrected chi connectivity index (χ1v) is 6.27. The number of benzene rings is 1. The van der Waals surface area contributed by atoms with Gasteiger partial charge in [-0.2, -0.15) is 0 Å². The van der Waals surface area contributed by atoms with E-state index in [1.165, 1.54) is 5.56 Å². The fourth-order valence-corrected chi connectivity index (χ4v) is 2.25. The molecule has 1 aromatic carbocycles. The molecule has 4 heteroatoms. The summed E-state index contributed by atoms with van der Waals surface area (Å²) >= 11 is 3.55. The summed E-state index contributed by atoms with van der Waals surface area (Å²) in [5.74, 6) is 0.162. The molecule has 1 aliphatic rings. The van der Waals surface area contributed by atoms with E-state index < -0.39 is 0 Å². The Bertz CT molecular complexity index is 381. The molecule has 1 saturated heterocycles. The Morgan fingerprint density at radius 1 is 1.31 bits per heavy atom. The van der Waals surface area contributed by atoms with Crippen LogP contribution in [0.1, 0.15) is 12.0 Å². The molecule has 2 rings (SSSR count). The number of nitrogens with one attached hydrogen (secondary N) is 1. The molecule has 0 aliphatic carbocycles. The summed E-state index contributed by atoms with van der Waals surface area (Å²) in [7, 11) is 0. The zero-order valence-electron chi connectivity index (χ0n) is 9.08. The van der Waals surface area contributed by atoms with Gasteiger partial charge in [-0.25, -0.2) is 0 Å². The van der Waals surface area contributed by atoms with Crippen molar-refractivity contribution >= 4 is 21.8 Å². The predicted octanol–water partition coefficient (Wildman–Crippen LogP) is 1.77. The third-order valence-electron chi connectivity index (χ3n) is 2.76. The second kappa shape index (κ2) is 5.46. The smallest absolute Gasteiger partial charge is 0.221 e. The molecule has 0 aromatic heterocycles. The van der Waals surface area contributed by atoms with Crippen LogP contribution >= 0.6 is 15.9 Å². The minimum atomic E-state index is 0.162. The molecule has 1 heterocycles. The highest BCUT2D eigenvalue weighted by Crippen LogP contribution is 2.18. The fourth-order valence-electron chi connectivity index (χ4n) is 1.84. The van der Waals surface area contributed by atoms with E-state index in [0.717, 1.165) is 30.7 Å². The van der Waals surface area contributed by atoms with Crippen molar-refractivity contribution in [3.63, 3.8) is 0 Å². The van der Waals surface area contributed by atoms with Crippen LogP contribution in [-0.4, -0.2) is 30.4 Å². The van der Waals surface area contributed by atoms with Crippen molar-refractivity contribution in [3.8, 4) is 0 Å². The van der Waals surface area contributed by atoms with Crippen molar-refractivity contribution in [2.45, 2.75) is 13.0 Å². The summed E-state index contributed by atoms with van der Waals surface area (Å²) in [5.41, 5.74) is 1.27. The molecule has 0 saturated carbocycles. The first kappa shape index (κ1) is 11.6. The van der Waals surface area contributed by atoms with Gasteiger partial charge in [0, 0.05) is 37.1 Å². The Kier molecular flexibility index (Phi) is 3.96. The summed E-state index contributed by atoms with van der Waals surface area (Å²) in [4.78, 5) is 13.5. The highest BCUT2D eigenvalue weighted by Gasteiger charge is 2.13. The summed E-state index contributed by atoms with van der Waals surface area (Å²) in [6, 6.07) is 8.23. The highest BCUT2D eigenvalue weighted by molar-refractivity contribution is 9.10. The van der Waals surface area contributed by atoms with Gasteiger partial charge < -0.3 is 5.32 Å². The Hall–Kier alpha value is -0.870. The zero-order valence-corrected chi connectivity index (χ0v) is 10.7. The molecular weight excluding hydrogens is 268 g/mol. The van der Waals surface area contributed by atoms with Crippen LogP contribution in [0, 0.1) is 0 Å². The molecule has 1 aromatic rings. The molecule has 16 heavy (non-hydrogen) atoms. The number of carbonyl (C=O) groups is 1. The molecular formula is C12H15BrN2O. The summed E-state index contributed by atoms with van der Waals surface area (Å²) in [5, 5.41) is 2.88. The lowest BCUT2D eigenvalue weighted by molar-refractivity contribution is -0.120. The maximum atomic E-state index is 11.2. The summed E-state index contributed by atoms with van der Waals surface area (Å²) in [6.07, 6.45) is 0.602. The van der Waals surface area contributed by atoms with Gasteiger partial charge in [-0.3, -0.25) is 9.69 Å². The SMILES string of the molecule is O=C1CCN(Cc2ccccc2Br)CCN1. The maximum Gasteiger partial charge on any atom is 0.221 e. The van der Waals surface area contributed by atoms with Crippen molar-refractivity contribution in [3.05, 3.63) is 34.3 Å². The zero-order chi connectivity index (χ0) is 11.4.